The van der Waals surface area contributed by atoms with Crippen LogP contribution < -0.4 is 0 Å². The Bertz CT molecular complexity index is 1070. The van der Waals surface area contributed by atoms with E-state index in [4.69, 9.17) is 9.47 Å². The quantitative estimate of drug-likeness (QED) is 0.326. The Hall–Kier alpha value is -0.730. The highest BCUT2D eigenvalue weighted by atomic mass is 16.7. The number of carbonyl (C=O) groups excluding carboxylic acids is 1. The predicted octanol–water partition coefficient (Wildman–Crippen LogP) is 5.21. The summed E-state index contributed by atoms with van der Waals surface area (Å²) in [4.78, 5) is 14.3. The van der Waals surface area contributed by atoms with Gasteiger partial charge in [-0.1, -0.05) is 48.5 Å². The van der Waals surface area contributed by atoms with Crippen LogP contribution in [0.4, 0.5) is 0 Å². The van der Waals surface area contributed by atoms with Crippen molar-refractivity contribution in [2.24, 2.45) is 56.2 Å². The third-order valence-corrected chi connectivity index (χ3v) is 15.3. The molecule has 6 fully saturated rings. The summed E-state index contributed by atoms with van der Waals surface area (Å²) in [7, 11) is 0. The van der Waals surface area contributed by atoms with Gasteiger partial charge in [-0.15, -0.1) is 0 Å². The number of ether oxygens (including phenoxy) is 2. The lowest BCUT2D eigenvalue weighted by Crippen LogP contribution is -2.68. The van der Waals surface area contributed by atoms with E-state index in [9.17, 15) is 25.2 Å². The van der Waals surface area contributed by atoms with E-state index in [0.29, 0.717) is 17.8 Å². The Morgan fingerprint density at radius 3 is 2.12 bits per heavy atom. The molecule has 4 N–H and O–H groups in total. The van der Waals surface area contributed by atoms with E-state index in [0.717, 1.165) is 57.8 Å². The smallest absolute Gasteiger partial charge is 0.314 e. The van der Waals surface area contributed by atoms with Crippen LogP contribution >= 0.6 is 0 Å². The van der Waals surface area contributed by atoms with Crippen LogP contribution in [0.5, 0.6) is 0 Å². The molecule has 0 amide bonds. The van der Waals surface area contributed by atoms with Crippen molar-refractivity contribution in [3.05, 3.63) is 0 Å². The predicted molar refractivity (Wildman–Crippen MR) is 159 cm³/mol. The molecule has 0 aromatic rings. The van der Waals surface area contributed by atoms with Crippen LogP contribution in [-0.4, -0.2) is 63.7 Å². The first-order valence-corrected chi connectivity index (χ1v) is 17.0. The Kier molecular flexibility index (Phi) is 7.36. The zero-order valence-corrected chi connectivity index (χ0v) is 27.2. The lowest BCUT2D eigenvalue weighted by molar-refractivity contribution is -0.279. The Labute approximate surface area is 253 Å². The number of aliphatic hydroxyl groups excluding tert-OH is 4. The summed E-state index contributed by atoms with van der Waals surface area (Å²) in [5.41, 5.74) is -0.0692. The molecule has 5 aliphatic carbocycles. The number of hydrogen-bond acceptors (Lipinski definition) is 7. The molecule has 13 atom stereocenters. The van der Waals surface area contributed by atoms with Crippen molar-refractivity contribution < 1.29 is 34.7 Å². The van der Waals surface area contributed by atoms with Crippen LogP contribution in [-0.2, 0) is 14.3 Å². The fourth-order valence-corrected chi connectivity index (χ4v) is 12.5. The molecule has 6 rings (SSSR count). The molecule has 42 heavy (non-hydrogen) atoms. The number of fused-ring (bicyclic) bond motifs is 7. The molecule has 1 unspecified atom stereocenters. The summed E-state index contributed by atoms with van der Waals surface area (Å²) in [6.45, 7) is 16.8. The van der Waals surface area contributed by atoms with Crippen LogP contribution in [0.3, 0.4) is 0 Å². The van der Waals surface area contributed by atoms with Crippen molar-refractivity contribution in [2.45, 2.75) is 150 Å². The average molecular weight is 591 g/mol. The maximum atomic E-state index is 14.3. The van der Waals surface area contributed by atoms with Crippen molar-refractivity contribution in [3.8, 4) is 0 Å². The second kappa shape index (κ2) is 9.88. The lowest BCUT2D eigenvalue weighted by Gasteiger charge is -2.73. The summed E-state index contributed by atoms with van der Waals surface area (Å²) in [5.74, 6) is 1.44. The molecule has 7 heteroatoms. The summed E-state index contributed by atoms with van der Waals surface area (Å²) >= 11 is 0. The molecule has 1 saturated heterocycles. The first-order valence-electron chi connectivity index (χ1n) is 17.0. The molecular weight excluding hydrogens is 532 g/mol. The van der Waals surface area contributed by atoms with Crippen molar-refractivity contribution in [2.75, 3.05) is 6.61 Å². The van der Waals surface area contributed by atoms with E-state index in [-0.39, 0.29) is 51.7 Å². The molecule has 1 heterocycles. The van der Waals surface area contributed by atoms with Gasteiger partial charge in [0.2, 0.25) is 6.29 Å². The van der Waals surface area contributed by atoms with Gasteiger partial charge in [-0.05, 0) is 121 Å². The molecule has 0 aromatic heterocycles. The number of hydrogen-bond donors (Lipinski definition) is 4. The van der Waals surface area contributed by atoms with Crippen LogP contribution in [0.25, 0.3) is 0 Å². The maximum Gasteiger partial charge on any atom is 0.314 e. The van der Waals surface area contributed by atoms with Crippen molar-refractivity contribution in [3.63, 3.8) is 0 Å². The zero-order chi connectivity index (χ0) is 30.7. The van der Waals surface area contributed by atoms with E-state index >= 15 is 0 Å². The van der Waals surface area contributed by atoms with Gasteiger partial charge in [0, 0.05) is 0 Å². The zero-order valence-electron chi connectivity index (χ0n) is 27.2. The summed E-state index contributed by atoms with van der Waals surface area (Å²) in [5, 5.41) is 41.7. The Balaban J connectivity index is 1.32. The Morgan fingerprint density at radius 1 is 0.714 bits per heavy atom. The van der Waals surface area contributed by atoms with Crippen molar-refractivity contribution in [1.29, 1.82) is 0 Å². The summed E-state index contributed by atoms with van der Waals surface area (Å²) in [6, 6.07) is 0. The molecule has 6 aliphatic rings. The highest BCUT2D eigenvalue weighted by Crippen LogP contribution is 2.77. The van der Waals surface area contributed by atoms with Gasteiger partial charge in [-0.2, -0.15) is 0 Å². The first kappa shape index (κ1) is 31.3. The van der Waals surface area contributed by atoms with Crippen LogP contribution in [0, 0.1) is 56.2 Å². The number of carbonyl (C=O) groups is 1. The average Bonchev–Trinajstić information content (AvgIpc) is 2.91. The van der Waals surface area contributed by atoms with Gasteiger partial charge in [-0.3, -0.25) is 4.79 Å². The molecule has 0 radical (unpaired) electrons. The van der Waals surface area contributed by atoms with Gasteiger partial charge >= 0.3 is 5.97 Å². The highest BCUT2D eigenvalue weighted by Gasteiger charge is 2.71. The molecule has 1 aliphatic heterocycles. The lowest BCUT2D eigenvalue weighted by atomic mass is 9.31. The number of rotatable bonds is 2. The summed E-state index contributed by atoms with van der Waals surface area (Å²) < 4.78 is 11.5. The van der Waals surface area contributed by atoms with Gasteiger partial charge < -0.3 is 29.9 Å². The summed E-state index contributed by atoms with van der Waals surface area (Å²) in [6.07, 6.45) is 5.53. The minimum absolute atomic E-state index is 0.0691. The van der Waals surface area contributed by atoms with E-state index in [1.54, 1.807) is 0 Å². The molecule has 240 valence electrons. The number of esters is 1. The normalized spacial score (nSPS) is 54.9. The van der Waals surface area contributed by atoms with Crippen molar-refractivity contribution in [1.82, 2.24) is 0 Å². The largest absolute Gasteiger partial charge is 0.432 e. The van der Waals surface area contributed by atoms with E-state index in [1.807, 2.05) is 0 Å². The molecule has 0 spiro atoms. The van der Waals surface area contributed by atoms with E-state index in [1.165, 1.54) is 12.8 Å². The van der Waals surface area contributed by atoms with Gasteiger partial charge in [0.15, 0.2) is 0 Å². The minimum Gasteiger partial charge on any atom is -0.432 e. The van der Waals surface area contributed by atoms with Crippen LogP contribution in [0.2, 0.25) is 0 Å². The molecule has 7 nitrogen and oxygen atoms in total. The molecule has 0 aromatic carbocycles. The van der Waals surface area contributed by atoms with Gasteiger partial charge in [0.25, 0.3) is 0 Å². The van der Waals surface area contributed by atoms with Crippen LogP contribution in [0.15, 0.2) is 0 Å². The Morgan fingerprint density at radius 2 is 1.40 bits per heavy atom. The maximum absolute atomic E-state index is 14.3. The minimum atomic E-state index is -1.47. The molecule has 0 bridgehead atoms. The number of aliphatic hydroxyl groups is 4. The second-order valence-corrected chi connectivity index (χ2v) is 17.8. The standard InChI is InChI=1S/C35H58O7/c1-30(2)14-16-35(29(40)42-28-27(39)26(38)22(36)19-41-28)17-15-33(6)20(21(35)18-30)8-9-24-32(5)12-11-25(37)31(3,4)23(32)10-13-34(24,33)7/h20-28,36-39H,8-19H2,1-7H3/t20?,21-,22+,23-,24+,25-,26-,27+,28-,32-,33+,34+,35-/m0/s1. The first-order chi connectivity index (χ1) is 19.4. The SMILES string of the molecule is CC1(C)CC[C@]2(C(=O)O[C@@H]3OC[C@@H](O)[C@H](O)[C@H]3O)CC[C@]3(C)C(CC[C@@H]4[C@@]5(C)CC[C@H](O)C(C)(C)[C@@H]5CC[C@]43C)[C@@H]2C1. The monoisotopic (exact) mass is 590 g/mol. The van der Waals surface area contributed by atoms with Gasteiger partial charge in [0.1, 0.15) is 18.3 Å². The van der Waals surface area contributed by atoms with Crippen molar-refractivity contribution >= 4 is 5.97 Å². The van der Waals surface area contributed by atoms with Gasteiger partial charge in [-0.25, -0.2) is 0 Å². The fourth-order valence-electron chi connectivity index (χ4n) is 12.5. The van der Waals surface area contributed by atoms with E-state index in [2.05, 4.69) is 48.5 Å². The fraction of sp³-hybridized carbons (Fsp3) is 0.971. The highest BCUT2D eigenvalue weighted by molar-refractivity contribution is 5.78. The van der Waals surface area contributed by atoms with Gasteiger partial charge in [0.05, 0.1) is 18.1 Å². The molecule has 5 saturated carbocycles. The second-order valence-electron chi connectivity index (χ2n) is 17.8. The third-order valence-electron chi connectivity index (χ3n) is 15.3. The molecular formula is C35H58O7. The third kappa shape index (κ3) is 4.18. The van der Waals surface area contributed by atoms with Crippen LogP contribution in [0.1, 0.15) is 119 Å². The van der Waals surface area contributed by atoms with E-state index < -0.39 is 30.0 Å². The topological polar surface area (TPSA) is 116 Å².